The minimum atomic E-state index is -0.0179. The maximum absolute atomic E-state index is 12.6. The standard InChI is InChI=1S/C22H36N2O2/c1-14-12-15-13-16(24-26-11-10-23)6-8-21(15,2)18-7-9-22(3)17(20(14)18)4-5-19(22)25/h14-15,17-18,20H,4-13,23H2,1-3H3/t14-,15?,17+,18+,20+,21+,22+/m1/s1. The summed E-state index contributed by atoms with van der Waals surface area (Å²) in [7, 11) is 0. The molecule has 0 bridgehead atoms. The van der Waals surface area contributed by atoms with Crippen molar-refractivity contribution >= 4 is 11.5 Å². The topological polar surface area (TPSA) is 64.7 Å². The van der Waals surface area contributed by atoms with E-state index in [4.69, 9.17) is 10.6 Å². The Bertz CT molecular complexity index is 603. The molecular weight excluding hydrogens is 324 g/mol. The highest BCUT2D eigenvalue weighted by atomic mass is 16.6. The zero-order chi connectivity index (χ0) is 18.5. The van der Waals surface area contributed by atoms with Crippen LogP contribution in [0.1, 0.15) is 72.1 Å². The maximum Gasteiger partial charge on any atom is 0.139 e. The predicted octanol–water partition coefficient (Wildman–Crippen LogP) is 4.18. The quantitative estimate of drug-likeness (QED) is 0.607. The molecule has 1 unspecified atom stereocenters. The number of carbonyl (C=O) groups is 1. The Morgan fingerprint density at radius 2 is 2.00 bits per heavy atom. The molecule has 4 saturated carbocycles. The van der Waals surface area contributed by atoms with Gasteiger partial charge in [0.05, 0.1) is 5.71 Å². The Hall–Kier alpha value is -0.900. The first-order valence-corrected chi connectivity index (χ1v) is 10.8. The highest BCUT2D eigenvalue weighted by Gasteiger charge is 2.61. The molecule has 4 rings (SSSR count). The Labute approximate surface area is 158 Å². The van der Waals surface area contributed by atoms with E-state index in [9.17, 15) is 4.79 Å². The summed E-state index contributed by atoms with van der Waals surface area (Å²) < 4.78 is 0. The molecule has 4 aliphatic carbocycles. The minimum Gasteiger partial charge on any atom is -0.395 e. The van der Waals surface area contributed by atoms with Crippen LogP contribution in [0.2, 0.25) is 0 Å². The average molecular weight is 361 g/mol. The molecule has 4 nitrogen and oxygen atoms in total. The van der Waals surface area contributed by atoms with E-state index in [0.29, 0.717) is 36.2 Å². The zero-order valence-corrected chi connectivity index (χ0v) is 16.8. The van der Waals surface area contributed by atoms with Gasteiger partial charge in [-0.15, -0.1) is 0 Å². The summed E-state index contributed by atoms with van der Waals surface area (Å²) in [5.41, 5.74) is 7.14. The van der Waals surface area contributed by atoms with Crippen LogP contribution in [0.5, 0.6) is 0 Å². The van der Waals surface area contributed by atoms with Crippen molar-refractivity contribution in [2.75, 3.05) is 13.2 Å². The van der Waals surface area contributed by atoms with Crippen LogP contribution in [0.3, 0.4) is 0 Å². The number of rotatable bonds is 3. The Morgan fingerprint density at radius 1 is 1.19 bits per heavy atom. The number of carbonyl (C=O) groups excluding carboxylic acids is 1. The van der Waals surface area contributed by atoms with E-state index in [0.717, 1.165) is 49.9 Å². The van der Waals surface area contributed by atoms with Crippen molar-refractivity contribution in [3.05, 3.63) is 0 Å². The van der Waals surface area contributed by atoms with E-state index in [1.165, 1.54) is 25.0 Å². The van der Waals surface area contributed by atoms with Crippen molar-refractivity contribution in [2.45, 2.75) is 72.1 Å². The van der Waals surface area contributed by atoms with Gasteiger partial charge in [-0.1, -0.05) is 25.9 Å². The molecule has 4 fully saturated rings. The normalized spacial score (nSPS) is 49.5. The summed E-state index contributed by atoms with van der Waals surface area (Å²) in [5.74, 6) is 4.15. The number of fused-ring (bicyclic) bond motifs is 5. The molecule has 0 aromatic rings. The Morgan fingerprint density at radius 3 is 2.77 bits per heavy atom. The molecule has 26 heavy (non-hydrogen) atoms. The molecule has 0 heterocycles. The molecule has 7 atom stereocenters. The monoisotopic (exact) mass is 360 g/mol. The smallest absolute Gasteiger partial charge is 0.139 e. The van der Waals surface area contributed by atoms with E-state index in [1.54, 1.807) is 0 Å². The van der Waals surface area contributed by atoms with Gasteiger partial charge in [0.2, 0.25) is 0 Å². The summed E-state index contributed by atoms with van der Waals surface area (Å²) in [6, 6.07) is 0. The molecule has 4 heteroatoms. The molecule has 0 radical (unpaired) electrons. The highest BCUT2D eigenvalue weighted by Crippen LogP contribution is 2.66. The lowest BCUT2D eigenvalue weighted by atomic mass is 9.43. The van der Waals surface area contributed by atoms with Crippen LogP contribution in [0.4, 0.5) is 0 Å². The number of nitrogens with two attached hydrogens (primary N) is 1. The van der Waals surface area contributed by atoms with Gasteiger partial charge in [-0.05, 0) is 80.0 Å². The number of ketones is 1. The van der Waals surface area contributed by atoms with E-state index < -0.39 is 0 Å². The molecule has 0 aromatic carbocycles. The maximum atomic E-state index is 12.6. The van der Waals surface area contributed by atoms with Crippen molar-refractivity contribution in [2.24, 2.45) is 51.3 Å². The van der Waals surface area contributed by atoms with E-state index >= 15 is 0 Å². The summed E-state index contributed by atoms with van der Waals surface area (Å²) in [5, 5.41) is 4.39. The van der Waals surface area contributed by atoms with Crippen LogP contribution in [-0.2, 0) is 9.63 Å². The van der Waals surface area contributed by atoms with E-state index in [1.807, 2.05) is 0 Å². The number of oxime groups is 1. The summed E-state index contributed by atoms with van der Waals surface area (Å²) in [6.07, 6.45) is 9.01. The van der Waals surface area contributed by atoms with Gasteiger partial charge >= 0.3 is 0 Å². The average Bonchev–Trinajstić information content (AvgIpc) is 2.92. The van der Waals surface area contributed by atoms with Crippen molar-refractivity contribution in [1.29, 1.82) is 0 Å². The van der Waals surface area contributed by atoms with Gasteiger partial charge < -0.3 is 10.6 Å². The van der Waals surface area contributed by atoms with E-state index in [2.05, 4.69) is 25.9 Å². The first-order valence-electron chi connectivity index (χ1n) is 10.8. The first-order chi connectivity index (χ1) is 12.4. The number of Topliss-reactive ketones (excluding diaryl/α,β-unsaturated/α-hetero) is 1. The third-order valence-electron chi connectivity index (χ3n) is 8.97. The highest BCUT2D eigenvalue weighted by molar-refractivity contribution is 5.87. The third-order valence-corrected chi connectivity index (χ3v) is 8.97. The van der Waals surface area contributed by atoms with Gasteiger partial charge in [-0.3, -0.25) is 4.79 Å². The fourth-order valence-corrected chi connectivity index (χ4v) is 7.49. The fourth-order valence-electron chi connectivity index (χ4n) is 7.49. The lowest BCUT2D eigenvalue weighted by Gasteiger charge is -2.61. The van der Waals surface area contributed by atoms with Crippen LogP contribution in [0.25, 0.3) is 0 Å². The molecule has 0 amide bonds. The van der Waals surface area contributed by atoms with Gasteiger partial charge in [0.15, 0.2) is 0 Å². The lowest BCUT2D eigenvalue weighted by Crippen LogP contribution is -2.56. The number of hydrogen-bond donors (Lipinski definition) is 1. The van der Waals surface area contributed by atoms with Gasteiger partial charge in [0, 0.05) is 18.4 Å². The summed E-state index contributed by atoms with van der Waals surface area (Å²) in [4.78, 5) is 18.0. The molecule has 0 saturated heterocycles. The Kier molecular flexibility index (Phi) is 4.70. The second kappa shape index (κ2) is 6.61. The predicted molar refractivity (Wildman–Crippen MR) is 104 cm³/mol. The van der Waals surface area contributed by atoms with Crippen LogP contribution >= 0.6 is 0 Å². The number of nitrogens with zero attached hydrogens (tertiary/aromatic N) is 1. The third kappa shape index (κ3) is 2.66. The van der Waals surface area contributed by atoms with Crippen LogP contribution < -0.4 is 5.73 Å². The van der Waals surface area contributed by atoms with Gasteiger partial charge in [0.25, 0.3) is 0 Å². The molecule has 2 N–H and O–H groups in total. The van der Waals surface area contributed by atoms with Gasteiger partial charge in [-0.25, -0.2) is 0 Å². The van der Waals surface area contributed by atoms with Gasteiger partial charge in [0.1, 0.15) is 12.4 Å². The molecule has 146 valence electrons. The number of hydrogen-bond acceptors (Lipinski definition) is 4. The second-order valence-corrected chi connectivity index (χ2v) is 10.1. The Balaban J connectivity index is 1.56. The first kappa shape index (κ1) is 18.5. The SMILES string of the molecule is C[C@@H]1CC2CC(=NOCCN)CC[C@]2(C)[C@H]2CC[C@]3(C)C(=O)CC[C@H]3[C@H]12. The fraction of sp³-hybridized carbons (Fsp3) is 0.909. The van der Waals surface area contributed by atoms with Crippen molar-refractivity contribution in [1.82, 2.24) is 0 Å². The summed E-state index contributed by atoms with van der Waals surface area (Å²) >= 11 is 0. The van der Waals surface area contributed by atoms with Gasteiger partial charge in [-0.2, -0.15) is 0 Å². The zero-order valence-electron chi connectivity index (χ0n) is 16.8. The molecule has 0 aromatic heterocycles. The largest absolute Gasteiger partial charge is 0.395 e. The van der Waals surface area contributed by atoms with Crippen LogP contribution in [0.15, 0.2) is 5.16 Å². The van der Waals surface area contributed by atoms with Crippen LogP contribution in [-0.4, -0.2) is 24.6 Å². The molecular formula is C22H36N2O2. The molecule has 0 aliphatic heterocycles. The second-order valence-electron chi connectivity index (χ2n) is 10.1. The summed E-state index contributed by atoms with van der Waals surface area (Å²) in [6.45, 7) is 8.34. The molecule has 0 spiro atoms. The van der Waals surface area contributed by atoms with E-state index in [-0.39, 0.29) is 5.41 Å². The lowest BCUT2D eigenvalue weighted by molar-refractivity contribution is -0.143. The van der Waals surface area contributed by atoms with Crippen molar-refractivity contribution in [3.63, 3.8) is 0 Å². The van der Waals surface area contributed by atoms with Crippen LogP contribution in [0, 0.1) is 40.4 Å². The van der Waals surface area contributed by atoms with Crippen molar-refractivity contribution in [3.8, 4) is 0 Å². The molecule has 4 aliphatic rings. The van der Waals surface area contributed by atoms with Crippen molar-refractivity contribution < 1.29 is 9.63 Å². The minimum absolute atomic E-state index is 0.0179.